The first-order valence-corrected chi connectivity index (χ1v) is 7.33. The molecule has 0 fully saturated rings. The molecule has 0 aliphatic rings. The van der Waals surface area contributed by atoms with Gasteiger partial charge in [0.25, 0.3) is 5.91 Å². The second kappa shape index (κ2) is 6.72. The van der Waals surface area contributed by atoms with Crippen molar-refractivity contribution in [1.29, 1.82) is 0 Å². The molecule has 0 aliphatic carbocycles. The average molecular weight is 309 g/mol. The molecule has 2 rings (SSSR count). The van der Waals surface area contributed by atoms with Crippen LogP contribution in [0.3, 0.4) is 0 Å². The molecule has 0 unspecified atom stereocenters. The predicted molar refractivity (Wildman–Crippen MR) is 79.4 cm³/mol. The number of nitrogens with one attached hydrogen (secondary N) is 1. The molecular formula is C12H19N7OS. The van der Waals surface area contributed by atoms with Gasteiger partial charge in [-0.25, -0.2) is 4.68 Å². The topological polar surface area (TPSA) is 88.8 Å². The molecule has 1 N–H and O–H groups in total. The zero-order valence-corrected chi connectivity index (χ0v) is 13.4. The van der Waals surface area contributed by atoms with Gasteiger partial charge in [-0.1, -0.05) is 5.21 Å². The number of carbonyl (C=O) groups is 1. The summed E-state index contributed by atoms with van der Waals surface area (Å²) in [4.78, 5) is 14.1. The number of likely N-dealkylation sites (N-methyl/N-ethyl adjacent to an activating group) is 1. The van der Waals surface area contributed by atoms with Crippen LogP contribution in [0.15, 0.2) is 0 Å². The molecule has 0 saturated carbocycles. The van der Waals surface area contributed by atoms with Crippen LogP contribution in [-0.2, 0) is 6.54 Å². The van der Waals surface area contributed by atoms with Crippen LogP contribution in [-0.4, -0.2) is 61.7 Å². The second-order valence-corrected chi connectivity index (χ2v) is 5.57. The number of rotatable bonds is 6. The third-order valence-electron chi connectivity index (χ3n) is 3.09. The van der Waals surface area contributed by atoms with Crippen molar-refractivity contribution >= 4 is 17.6 Å². The van der Waals surface area contributed by atoms with E-state index < -0.39 is 0 Å². The molecule has 2 heterocycles. The summed E-state index contributed by atoms with van der Waals surface area (Å²) in [7, 11) is 3.91. The van der Waals surface area contributed by atoms with Gasteiger partial charge in [0.05, 0.1) is 35.4 Å². The average Bonchev–Trinajstić information content (AvgIpc) is 2.97. The lowest BCUT2D eigenvalue weighted by molar-refractivity contribution is 0.0945. The largest absolute Gasteiger partial charge is 0.349 e. The summed E-state index contributed by atoms with van der Waals surface area (Å²) in [6.07, 6.45) is 0. The minimum Gasteiger partial charge on any atom is -0.349 e. The molecule has 0 atom stereocenters. The Balaban J connectivity index is 2.03. The Morgan fingerprint density at radius 3 is 2.71 bits per heavy atom. The minimum atomic E-state index is -0.200. The first-order chi connectivity index (χ1) is 9.99. The zero-order chi connectivity index (χ0) is 15.4. The van der Waals surface area contributed by atoms with Gasteiger partial charge in [-0.3, -0.25) is 4.79 Å². The van der Waals surface area contributed by atoms with Gasteiger partial charge in [-0.05, 0) is 27.9 Å². The quantitative estimate of drug-likeness (QED) is 0.813. The van der Waals surface area contributed by atoms with Crippen LogP contribution in [0.2, 0.25) is 0 Å². The number of hydrogen-bond acceptors (Lipinski definition) is 7. The van der Waals surface area contributed by atoms with Gasteiger partial charge in [0.2, 0.25) is 0 Å². The summed E-state index contributed by atoms with van der Waals surface area (Å²) < 4.78 is 10.0. The molecule has 2 aromatic heterocycles. The number of carbonyl (C=O) groups excluding carboxylic acids is 1. The van der Waals surface area contributed by atoms with Crippen molar-refractivity contribution in [2.45, 2.75) is 20.4 Å². The summed E-state index contributed by atoms with van der Waals surface area (Å²) >= 11 is 1.17. The highest BCUT2D eigenvalue weighted by Crippen LogP contribution is 2.09. The van der Waals surface area contributed by atoms with Crippen LogP contribution in [0, 0.1) is 13.8 Å². The molecule has 0 spiro atoms. The van der Waals surface area contributed by atoms with E-state index in [1.165, 1.54) is 11.7 Å². The highest BCUT2D eigenvalue weighted by atomic mass is 32.1. The SMILES string of the molecule is Cc1nsnc1Cn1nnc(C(=O)NCCN(C)C)c1C. The van der Waals surface area contributed by atoms with Crippen molar-refractivity contribution in [1.82, 2.24) is 34.0 Å². The fraction of sp³-hybridized carbons (Fsp3) is 0.583. The van der Waals surface area contributed by atoms with E-state index in [0.29, 0.717) is 18.8 Å². The number of amides is 1. The van der Waals surface area contributed by atoms with Gasteiger partial charge < -0.3 is 10.2 Å². The van der Waals surface area contributed by atoms with Crippen molar-refractivity contribution in [2.24, 2.45) is 0 Å². The molecule has 0 radical (unpaired) electrons. The predicted octanol–water partition coefficient (Wildman–Crippen LogP) is 0.0861. The number of aryl methyl sites for hydroxylation is 1. The van der Waals surface area contributed by atoms with Gasteiger partial charge >= 0.3 is 0 Å². The first-order valence-electron chi connectivity index (χ1n) is 6.60. The van der Waals surface area contributed by atoms with E-state index in [2.05, 4.69) is 24.4 Å². The van der Waals surface area contributed by atoms with Gasteiger partial charge in [0, 0.05) is 13.1 Å². The molecule has 0 saturated heterocycles. The lowest BCUT2D eigenvalue weighted by atomic mass is 10.3. The number of aromatic nitrogens is 5. The van der Waals surface area contributed by atoms with Crippen molar-refractivity contribution in [3.63, 3.8) is 0 Å². The third kappa shape index (κ3) is 3.82. The van der Waals surface area contributed by atoms with E-state index in [-0.39, 0.29) is 5.91 Å². The van der Waals surface area contributed by atoms with Crippen LogP contribution in [0.1, 0.15) is 27.6 Å². The summed E-state index contributed by atoms with van der Waals surface area (Å²) in [5.41, 5.74) is 2.82. The maximum atomic E-state index is 12.1. The van der Waals surface area contributed by atoms with Crippen molar-refractivity contribution in [3.05, 3.63) is 22.8 Å². The fourth-order valence-electron chi connectivity index (χ4n) is 1.73. The van der Waals surface area contributed by atoms with Crippen LogP contribution < -0.4 is 5.32 Å². The van der Waals surface area contributed by atoms with Gasteiger partial charge in [-0.15, -0.1) is 5.10 Å². The molecule has 2 aromatic rings. The standard InChI is InChI=1S/C12H19N7OS/c1-8-10(16-21-15-8)7-19-9(2)11(14-17-19)12(20)13-5-6-18(3)4/h5-7H2,1-4H3,(H,13,20). The summed E-state index contributed by atoms with van der Waals surface area (Å²) in [5, 5.41) is 10.8. The maximum absolute atomic E-state index is 12.1. The van der Waals surface area contributed by atoms with Gasteiger partial charge in [-0.2, -0.15) is 8.75 Å². The van der Waals surface area contributed by atoms with Crippen LogP contribution in [0.25, 0.3) is 0 Å². The highest BCUT2D eigenvalue weighted by Gasteiger charge is 2.17. The summed E-state index contributed by atoms with van der Waals surface area (Å²) in [6.45, 7) is 5.57. The first kappa shape index (κ1) is 15.5. The van der Waals surface area contributed by atoms with E-state index in [1.807, 2.05) is 32.8 Å². The Morgan fingerprint density at radius 2 is 2.10 bits per heavy atom. The van der Waals surface area contributed by atoms with E-state index in [1.54, 1.807) is 4.68 Å². The monoisotopic (exact) mass is 309 g/mol. The third-order valence-corrected chi connectivity index (χ3v) is 3.75. The highest BCUT2D eigenvalue weighted by molar-refractivity contribution is 6.99. The minimum absolute atomic E-state index is 0.200. The van der Waals surface area contributed by atoms with Crippen molar-refractivity contribution < 1.29 is 4.79 Å². The Bertz CT molecular complexity index is 619. The zero-order valence-electron chi connectivity index (χ0n) is 12.6. The van der Waals surface area contributed by atoms with Crippen LogP contribution in [0.4, 0.5) is 0 Å². The number of hydrogen-bond donors (Lipinski definition) is 1. The summed E-state index contributed by atoms with van der Waals surface area (Å²) in [6, 6.07) is 0. The molecule has 21 heavy (non-hydrogen) atoms. The molecule has 9 heteroatoms. The van der Waals surface area contributed by atoms with Gasteiger partial charge in [0.15, 0.2) is 5.69 Å². The summed E-state index contributed by atoms with van der Waals surface area (Å²) in [5.74, 6) is -0.200. The van der Waals surface area contributed by atoms with Crippen LogP contribution >= 0.6 is 11.7 Å². The lowest BCUT2D eigenvalue weighted by Crippen LogP contribution is -2.32. The van der Waals surface area contributed by atoms with E-state index >= 15 is 0 Å². The normalized spacial score (nSPS) is 11.1. The van der Waals surface area contributed by atoms with Gasteiger partial charge in [0.1, 0.15) is 0 Å². The Kier molecular flexibility index (Phi) is 4.97. The Labute approximate surface area is 127 Å². The van der Waals surface area contributed by atoms with E-state index in [9.17, 15) is 4.79 Å². The Hall–Kier alpha value is -1.87. The molecule has 0 aromatic carbocycles. The fourth-order valence-corrected chi connectivity index (χ4v) is 2.29. The lowest BCUT2D eigenvalue weighted by Gasteiger charge is -2.09. The molecule has 114 valence electrons. The molecule has 8 nitrogen and oxygen atoms in total. The van der Waals surface area contributed by atoms with Crippen molar-refractivity contribution in [2.75, 3.05) is 27.2 Å². The van der Waals surface area contributed by atoms with Crippen molar-refractivity contribution in [3.8, 4) is 0 Å². The maximum Gasteiger partial charge on any atom is 0.273 e. The second-order valence-electron chi connectivity index (χ2n) is 5.04. The van der Waals surface area contributed by atoms with E-state index in [0.717, 1.165) is 23.6 Å². The number of nitrogens with zero attached hydrogens (tertiary/aromatic N) is 6. The molecule has 0 aliphatic heterocycles. The van der Waals surface area contributed by atoms with E-state index in [4.69, 9.17) is 0 Å². The van der Waals surface area contributed by atoms with Crippen LogP contribution in [0.5, 0.6) is 0 Å². The smallest absolute Gasteiger partial charge is 0.273 e. The molecule has 0 bridgehead atoms. The Morgan fingerprint density at radius 1 is 1.33 bits per heavy atom. The molecule has 1 amide bonds. The molecular weight excluding hydrogens is 290 g/mol.